The molecule has 0 saturated heterocycles. The summed E-state index contributed by atoms with van der Waals surface area (Å²) in [5.74, 6) is -0.0277. The van der Waals surface area contributed by atoms with E-state index in [-0.39, 0.29) is 15.6 Å². The molecule has 0 bridgehead atoms. The van der Waals surface area contributed by atoms with Crippen LogP contribution in [0.1, 0.15) is 16.7 Å². The number of hydrogen-bond acceptors (Lipinski definition) is 4. The van der Waals surface area contributed by atoms with Crippen molar-refractivity contribution >= 4 is 33.2 Å². The van der Waals surface area contributed by atoms with Crippen LogP contribution < -0.4 is 14.4 Å². The second-order valence-corrected chi connectivity index (χ2v) is 9.68. The van der Waals surface area contributed by atoms with Crippen LogP contribution in [0.25, 0.3) is 0 Å². The van der Waals surface area contributed by atoms with Crippen LogP contribution >= 0.6 is 11.6 Å². The van der Waals surface area contributed by atoms with Crippen LogP contribution in [-0.2, 0) is 21.4 Å². The van der Waals surface area contributed by atoms with E-state index in [1.165, 1.54) is 25.3 Å². The van der Waals surface area contributed by atoms with E-state index in [4.69, 9.17) is 16.3 Å². The third-order valence-corrected chi connectivity index (χ3v) is 7.01. The van der Waals surface area contributed by atoms with Crippen LogP contribution in [0.4, 0.5) is 5.69 Å². The minimum atomic E-state index is -4.02. The first-order valence-electron chi connectivity index (χ1n) is 9.96. The Balaban J connectivity index is 1.89. The number of nitrogens with one attached hydrogen (secondary N) is 1. The van der Waals surface area contributed by atoms with Crippen LogP contribution in [0.15, 0.2) is 71.6 Å². The number of benzene rings is 3. The smallest absolute Gasteiger partial charge is 0.264 e. The van der Waals surface area contributed by atoms with E-state index >= 15 is 0 Å². The molecular weight excluding hydrogens is 448 g/mol. The fourth-order valence-electron chi connectivity index (χ4n) is 3.06. The van der Waals surface area contributed by atoms with Gasteiger partial charge in [-0.2, -0.15) is 0 Å². The fourth-order valence-corrected chi connectivity index (χ4v) is 4.72. The zero-order valence-electron chi connectivity index (χ0n) is 18.1. The van der Waals surface area contributed by atoms with Crippen LogP contribution in [0.5, 0.6) is 5.75 Å². The van der Waals surface area contributed by atoms with Crippen molar-refractivity contribution in [3.8, 4) is 5.75 Å². The molecule has 0 radical (unpaired) electrons. The second-order valence-electron chi connectivity index (χ2n) is 7.41. The number of rotatable bonds is 8. The summed E-state index contributed by atoms with van der Waals surface area (Å²) >= 11 is 6.23. The van der Waals surface area contributed by atoms with Crippen molar-refractivity contribution < 1.29 is 17.9 Å². The van der Waals surface area contributed by atoms with Gasteiger partial charge in [-0.15, -0.1) is 0 Å². The number of methoxy groups -OCH3 is 1. The lowest BCUT2D eigenvalue weighted by Gasteiger charge is -2.24. The summed E-state index contributed by atoms with van der Waals surface area (Å²) in [6.45, 7) is 3.75. The minimum absolute atomic E-state index is 0.0846. The number of carbonyl (C=O) groups is 1. The topological polar surface area (TPSA) is 75.7 Å². The number of amides is 1. The maximum atomic E-state index is 13.4. The molecule has 0 aliphatic carbocycles. The van der Waals surface area contributed by atoms with Gasteiger partial charge in [0, 0.05) is 6.54 Å². The van der Waals surface area contributed by atoms with Gasteiger partial charge in [0.25, 0.3) is 10.0 Å². The number of anilines is 1. The molecule has 0 atom stereocenters. The summed E-state index contributed by atoms with van der Waals surface area (Å²) in [5, 5.41) is 3.03. The van der Waals surface area contributed by atoms with E-state index in [9.17, 15) is 13.2 Å². The molecule has 0 fully saturated rings. The molecule has 1 N–H and O–H groups in total. The Morgan fingerprint density at radius 2 is 1.56 bits per heavy atom. The van der Waals surface area contributed by atoms with Gasteiger partial charge in [0.15, 0.2) is 0 Å². The number of sulfonamides is 1. The zero-order chi connectivity index (χ0) is 23.3. The summed E-state index contributed by atoms with van der Waals surface area (Å²) in [7, 11) is -2.55. The fraction of sp³-hybridized carbons (Fsp3) is 0.208. The Bertz CT molecular complexity index is 1190. The number of aryl methyl sites for hydroxylation is 2. The van der Waals surface area contributed by atoms with Gasteiger partial charge in [-0.05, 0) is 49.7 Å². The van der Waals surface area contributed by atoms with Crippen molar-refractivity contribution in [1.82, 2.24) is 5.32 Å². The van der Waals surface area contributed by atoms with Crippen LogP contribution in [-0.4, -0.2) is 28.0 Å². The van der Waals surface area contributed by atoms with Crippen molar-refractivity contribution in [2.45, 2.75) is 25.3 Å². The Morgan fingerprint density at radius 3 is 2.12 bits per heavy atom. The number of halogens is 1. The first-order chi connectivity index (χ1) is 15.2. The third-order valence-electron chi connectivity index (χ3n) is 4.93. The molecule has 0 aliphatic heterocycles. The van der Waals surface area contributed by atoms with Gasteiger partial charge in [0.05, 0.1) is 22.7 Å². The molecule has 8 heteroatoms. The number of hydrogen-bond donors (Lipinski definition) is 1. The Hall–Kier alpha value is -3.03. The normalized spacial score (nSPS) is 11.1. The highest BCUT2D eigenvalue weighted by molar-refractivity contribution is 7.92. The number of carbonyl (C=O) groups excluding carboxylic acids is 1. The van der Waals surface area contributed by atoms with Gasteiger partial charge in [-0.3, -0.25) is 9.10 Å². The summed E-state index contributed by atoms with van der Waals surface area (Å²) in [6, 6.07) is 18.8. The predicted molar refractivity (Wildman–Crippen MR) is 127 cm³/mol. The summed E-state index contributed by atoms with van der Waals surface area (Å²) in [5.41, 5.74) is 3.23. The molecular formula is C24H25ClN2O4S. The lowest BCUT2D eigenvalue weighted by atomic mass is 10.1. The van der Waals surface area contributed by atoms with Crippen molar-refractivity contribution in [2.24, 2.45) is 0 Å². The van der Waals surface area contributed by atoms with Crippen molar-refractivity contribution in [3.05, 3.63) is 88.4 Å². The largest absolute Gasteiger partial charge is 0.495 e. The maximum Gasteiger partial charge on any atom is 0.264 e. The van der Waals surface area contributed by atoms with Gasteiger partial charge in [0.2, 0.25) is 5.91 Å². The molecule has 3 aromatic rings. The van der Waals surface area contributed by atoms with Gasteiger partial charge in [-0.25, -0.2) is 8.42 Å². The summed E-state index contributed by atoms with van der Waals surface area (Å²) < 4.78 is 33.1. The van der Waals surface area contributed by atoms with Crippen molar-refractivity contribution in [3.63, 3.8) is 0 Å². The highest BCUT2D eigenvalue weighted by Crippen LogP contribution is 2.32. The quantitative estimate of drug-likeness (QED) is 0.524. The molecule has 0 aliphatic rings. The molecule has 0 aromatic heterocycles. The molecule has 6 nitrogen and oxygen atoms in total. The average Bonchev–Trinajstić information content (AvgIpc) is 2.77. The molecule has 0 saturated carbocycles. The van der Waals surface area contributed by atoms with Gasteiger partial charge < -0.3 is 10.1 Å². The Kier molecular flexibility index (Phi) is 7.43. The van der Waals surface area contributed by atoms with E-state index in [0.29, 0.717) is 12.3 Å². The molecule has 1 amide bonds. The summed E-state index contributed by atoms with van der Waals surface area (Å²) in [6.07, 6.45) is 0. The maximum absolute atomic E-state index is 13.4. The molecule has 168 valence electrons. The molecule has 3 rings (SSSR count). The van der Waals surface area contributed by atoms with E-state index in [0.717, 1.165) is 21.0 Å². The highest BCUT2D eigenvalue weighted by atomic mass is 35.5. The van der Waals surface area contributed by atoms with Crippen molar-refractivity contribution in [1.29, 1.82) is 0 Å². The van der Waals surface area contributed by atoms with E-state index in [1.807, 2.05) is 38.1 Å². The third kappa shape index (κ3) is 5.60. The lowest BCUT2D eigenvalue weighted by molar-refractivity contribution is -0.119. The SMILES string of the molecule is COc1ccc(N(CC(=O)NCc2ccc(C)cc2)S(=O)(=O)c2ccc(C)cc2)cc1Cl. The van der Waals surface area contributed by atoms with Crippen LogP contribution in [0.3, 0.4) is 0 Å². The minimum Gasteiger partial charge on any atom is -0.495 e. The van der Waals surface area contributed by atoms with Gasteiger partial charge >= 0.3 is 0 Å². The van der Waals surface area contributed by atoms with Gasteiger partial charge in [-0.1, -0.05) is 59.1 Å². The van der Waals surface area contributed by atoms with Crippen LogP contribution in [0.2, 0.25) is 5.02 Å². The predicted octanol–water partition coefficient (Wildman–Crippen LogP) is 4.48. The first kappa shape index (κ1) is 23.6. The van der Waals surface area contributed by atoms with E-state index in [2.05, 4.69) is 5.32 Å². The number of nitrogens with zero attached hydrogens (tertiary/aromatic N) is 1. The standard InChI is InChI=1S/C24H25ClN2O4S/c1-17-4-8-19(9-5-17)15-26-24(28)16-27(20-10-13-23(31-3)22(25)14-20)32(29,30)21-11-6-18(2)7-12-21/h4-14H,15-16H2,1-3H3,(H,26,28). The molecule has 32 heavy (non-hydrogen) atoms. The average molecular weight is 473 g/mol. The molecule has 0 spiro atoms. The first-order valence-corrected chi connectivity index (χ1v) is 11.8. The Labute approximate surface area is 193 Å². The van der Waals surface area contributed by atoms with Crippen molar-refractivity contribution in [2.75, 3.05) is 18.0 Å². The molecule has 0 heterocycles. The summed E-state index contributed by atoms with van der Waals surface area (Å²) in [4.78, 5) is 12.8. The number of ether oxygens (including phenoxy) is 1. The van der Waals surface area contributed by atoms with Gasteiger partial charge in [0.1, 0.15) is 12.3 Å². The highest BCUT2D eigenvalue weighted by Gasteiger charge is 2.27. The molecule has 0 unspecified atom stereocenters. The second kappa shape index (κ2) is 10.1. The zero-order valence-corrected chi connectivity index (χ0v) is 19.7. The van der Waals surface area contributed by atoms with E-state index in [1.54, 1.807) is 24.3 Å². The van der Waals surface area contributed by atoms with E-state index < -0.39 is 22.5 Å². The monoisotopic (exact) mass is 472 g/mol. The molecule has 3 aromatic carbocycles. The lowest BCUT2D eigenvalue weighted by Crippen LogP contribution is -2.40. The van der Waals surface area contributed by atoms with Crippen LogP contribution in [0, 0.1) is 13.8 Å². The Morgan fingerprint density at radius 1 is 0.969 bits per heavy atom.